The molecule has 0 atom stereocenters. The van der Waals surface area contributed by atoms with Gasteiger partial charge in [0, 0.05) is 45.7 Å². The molecule has 36 heavy (non-hydrogen) atoms. The standard InChI is InChI=1S/C25H30F2N4O4Si/c1-29-9-6-17(7-10-29)19-15-30(16-34-11-12-36(2,3)4)25-23(19)22(5-8-28-25)35-24-20(26)13-18(31(32)33)14-21(24)27/h5-6,8,13-15H,7,9-12,16H2,1-4H3. The second-order valence-corrected chi connectivity index (χ2v) is 15.8. The number of hydrogen-bond donors (Lipinski definition) is 0. The Morgan fingerprint density at radius 2 is 1.94 bits per heavy atom. The Bertz CT molecular complexity index is 1300. The van der Waals surface area contributed by atoms with E-state index in [4.69, 9.17) is 9.47 Å². The van der Waals surface area contributed by atoms with Crippen molar-refractivity contribution in [3.05, 3.63) is 64.0 Å². The van der Waals surface area contributed by atoms with Gasteiger partial charge in [-0.1, -0.05) is 25.7 Å². The number of rotatable bonds is 9. The summed E-state index contributed by atoms with van der Waals surface area (Å²) in [5, 5.41) is 11.6. The number of non-ortho nitro benzene ring substituents is 1. The van der Waals surface area contributed by atoms with E-state index in [0.717, 1.165) is 36.7 Å². The summed E-state index contributed by atoms with van der Waals surface area (Å²) in [7, 11) is 0.793. The highest BCUT2D eigenvalue weighted by molar-refractivity contribution is 6.76. The molecule has 0 amide bonds. The summed E-state index contributed by atoms with van der Waals surface area (Å²) in [5.41, 5.74) is 1.83. The van der Waals surface area contributed by atoms with Crippen molar-refractivity contribution in [1.82, 2.24) is 14.5 Å². The van der Waals surface area contributed by atoms with Crippen LogP contribution >= 0.6 is 0 Å². The molecule has 0 bridgehead atoms. The lowest BCUT2D eigenvalue weighted by atomic mass is 9.99. The number of halogens is 2. The summed E-state index contributed by atoms with van der Waals surface area (Å²) in [4.78, 5) is 16.8. The van der Waals surface area contributed by atoms with Crippen LogP contribution in [0.4, 0.5) is 14.5 Å². The third-order valence-electron chi connectivity index (χ3n) is 6.11. The molecule has 0 aliphatic carbocycles. The molecule has 0 unspecified atom stereocenters. The van der Waals surface area contributed by atoms with Crippen LogP contribution in [0.1, 0.15) is 12.0 Å². The zero-order valence-electron chi connectivity index (χ0n) is 20.9. The molecule has 0 N–H and O–H groups in total. The maximum atomic E-state index is 14.6. The number of nitro benzene ring substituents is 1. The number of nitrogens with zero attached hydrogens (tertiary/aromatic N) is 4. The van der Waals surface area contributed by atoms with Crippen molar-refractivity contribution in [2.24, 2.45) is 0 Å². The largest absolute Gasteiger partial charge is 0.450 e. The average molecular weight is 517 g/mol. The molecule has 0 radical (unpaired) electrons. The Labute approximate surface area is 209 Å². The van der Waals surface area contributed by atoms with Crippen molar-refractivity contribution >= 4 is 30.4 Å². The molecule has 0 fully saturated rings. The van der Waals surface area contributed by atoms with Crippen LogP contribution in [-0.2, 0) is 11.5 Å². The van der Waals surface area contributed by atoms with Crippen LogP contribution in [0.5, 0.6) is 11.5 Å². The van der Waals surface area contributed by atoms with Crippen LogP contribution in [0.2, 0.25) is 25.7 Å². The molecular weight excluding hydrogens is 486 g/mol. The van der Waals surface area contributed by atoms with E-state index in [9.17, 15) is 18.9 Å². The summed E-state index contributed by atoms with van der Waals surface area (Å²) in [6.07, 6.45) is 6.36. The Kier molecular flexibility index (Phi) is 7.53. The highest BCUT2D eigenvalue weighted by atomic mass is 28.3. The molecule has 11 heteroatoms. The lowest BCUT2D eigenvalue weighted by Crippen LogP contribution is -2.23. The number of likely N-dealkylation sites (N-methyl/N-ethyl adjacent to an activating group) is 1. The molecule has 1 aliphatic heterocycles. The van der Waals surface area contributed by atoms with Crippen LogP contribution < -0.4 is 4.74 Å². The first kappa shape index (κ1) is 25.9. The average Bonchev–Trinajstić information content (AvgIpc) is 3.18. The van der Waals surface area contributed by atoms with Crippen molar-refractivity contribution in [1.29, 1.82) is 0 Å². The minimum absolute atomic E-state index is 0.210. The van der Waals surface area contributed by atoms with E-state index in [1.807, 2.05) is 17.8 Å². The fraction of sp³-hybridized carbons (Fsp3) is 0.400. The molecule has 1 aliphatic rings. The first-order valence-electron chi connectivity index (χ1n) is 11.8. The van der Waals surface area contributed by atoms with Gasteiger partial charge in [-0.2, -0.15) is 0 Å². The monoisotopic (exact) mass is 516 g/mol. The summed E-state index contributed by atoms with van der Waals surface area (Å²) < 4.78 is 42.8. The number of fused-ring (bicyclic) bond motifs is 1. The normalized spacial score (nSPS) is 14.8. The van der Waals surface area contributed by atoms with Crippen LogP contribution in [0.15, 0.2) is 36.7 Å². The quantitative estimate of drug-likeness (QED) is 0.149. The zero-order chi connectivity index (χ0) is 26.0. The maximum absolute atomic E-state index is 14.6. The minimum atomic E-state index is -1.25. The lowest BCUT2D eigenvalue weighted by molar-refractivity contribution is -0.385. The van der Waals surface area contributed by atoms with Gasteiger partial charge in [0.25, 0.3) is 5.69 Å². The molecule has 3 heterocycles. The maximum Gasteiger partial charge on any atom is 0.275 e. The number of ether oxygens (including phenoxy) is 2. The Balaban J connectivity index is 1.74. The predicted octanol–water partition coefficient (Wildman–Crippen LogP) is 6.05. The second-order valence-electron chi connectivity index (χ2n) is 10.2. The van der Waals surface area contributed by atoms with E-state index in [1.165, 1.54) is 12.3 Å². The Hall–Kier alpha value is -3.15. The topological polar surface area (TPSA) is 82.7 Å². The van der Waals surface area contributed by atoms with Gasteiger partial charge < -0.3 is 18.9 Å². The van der Waals surface area contributed by atoms with E-state index < -0.39 is 36.1 Å². The van der Waals surface area contributed by atoms with Crippen molar-refractivity contribution in [3.8, 4) is 11.5 Å². The van der Waals surface area contributed by atoms with E-state index in [-0.39, 0.29) is 12.5 Å². The first-order valence-corrected chi connectivity index (χ1v) is 15.5. The van der Waals surface area contributed by atoms with Crippen molar-refractivity contribution in [2.45, 2.75) is 38.8 Å². The molecule has 0 saturated carbocycles. The predicted molar refractivity (Wildman–Crippen MR) is 137 cm³/mol. The molecule has 0 spiro atoms. The Morgan fingerprint density at radius 1 is 1.22 bits per heavy atom. The molecule has 192 valence electrons. The van der Waals surface area contributed by atoms with Gasteiger partial charge in [-0.3, -0.25) is 10.1 Å². The molecule has 1 aromatic carbocycles. The number of benzene rings is 1. The molecule has 8 nitrogen and oxygen atoms in total. The third-order valence-corrected chi connectivity index (χ3v) is 7.81. The second kappa shape index (κ2) is 10.5. The van der Waals surface area contributed by atoms with Gasteiger partial charge in [-0.15, -0.1) is 0 Å². The number of nitro groups is 1. The summed E-state index contributed by atoms with van der Waals surface area (Å²) in [6.45, 7) is 9.41. The van der Waals surface area contributed by atoms with Crippen LogP contribution in [0.25, 0.3) is 16.6 Å². The van der Waals surface area contributed by atoms with Gasteiger partial charge in [0.15, 0.2) is 17.4 Å². The molecule has 2 aromatic heterocycles. The Morgan fingerprint density at radius 3 is 2.56 bits per heavy atom. The van der Waals surface area contributed by atoms with Crippen molar-refractivity contribution < 1.29 is 23.2 Å². The van der Waals surface area contributed by atoms with Crippen molar-refractivity contribution in [3.63, 3.8) is 0 Å². The van der Waals surface area contributed by atoms with Crippen LogP contribution in [-0.4, -0.2) is 54.2 Å². The van der Waals surface area contributed by atoms with E-state index in [2.05, 4.69) is 35.6 Å². The fourth-order valence-corrected chi connectivity index (χ4v) is 4.79. The van der Waals surface area contributed by atoms with E-state index >= 15 is 0 Å². The van der Waals surface area contributed by atoms with Crippen molar-refractivity contribution in [2.75, 3.05) is 26.7 Å². The third kappa shape index (κ3) is 5.80. The van der Waals surface area contributed by atoms with Gasteiger partial charge in [0.2, 0.25) is 0 Å². The summed E-state index contributed by atoms with van der Waals surface area (Å²) >= 11 is 0. The molecule has 0 saturated heterocycles. The van der Waals surface area contributed by atoms with E-state index in [0.29, 0.717) is 29.8 Å². The molecule has 3 aromatic rings. The van der Waals surface area contributed by atoms with E-state index in [1.54, 1.807) is 0 Å². The number of aromatic nitrogens is 2. The van der Waals surface area contributed by atoms with Crippen LogP contribution in [0.3, 0.4) is 0 Å². The van der Waals surface area contributed by atoms with Gasteiger partial charge in [0.05, 0.1) is 22.4 Å². The highest BCUT2D eigenvalue weighted by Crippen LogP contribution is 2.39. The van der Waals surface area contributed by atoms with Gasteiger partial charge in [-0.25, -0.2) is 13.8 Å². The summed E-state index contributed by atoms with van der Waals surface area (Å²) in [5.74, 6) is -2.79. The van der Waals surface area contributed by atoms with Gasteiger partial charge in [-0.05, 0) is 31.2 Å². The molecule has 4 rings (SSSR count). The zero-order valence-corrected chi connectivity index (χ0v) is 21.9. The van der Waals surface area contributed by atoms with Gasteiger partial charge in [0.1, 0.15) is 18.1 Å². The van der Waals surface area contributed by atoms with Gasteiger partial charge >= 0.3 is 0 Å². The fourth-order valence-electron chi connectivity index (χ4n) is 4.03. The molecular formula is C25H30F2N4O4Si. The SMILES string of the molecule is CN1CC=C(c2cn(COCC[Si](C)(C)C)c3nccc(Oc4c(F)cc([N+](=O)[O-])cc4F)c23)CC1. The highest BCUT2D eigenvalue weighted by Gasteiger charge is 2.24. The number of pyridine rings is 1. The lowest BCUT2D eigenvalue weighted by Gasteiger charge is -2.22. The smallest absolute Gasteiger partial charge is 0.275 e. The summed E-state index contributed by atoms with van der Waals surface area (Å²) in [6, 6.07) is 3.86. The first-order chi connectivity index (χ1) is 17.0. The minimum Gasteiger partial charge on any atom is -0.450 e. The number of hydrogen-bond acceptors (Lipinski definition) is 6. The van der Waals surface area contributed by atoms with Crippen LogP contribution in [0, 0.1) is 21.7 Å².